The van der Waals surface area contributed by atoms with Crippen molar-refractivity contribution in [2.45, 2.75) is 38.5 Å². The van der Waals surface area contributed by atoms with E-state index >= 15 is 0 Å². The lowest BCUT2D eigenvalue weighted by atomic mass is 9.88. The number of rotatable bonds is 11. The molecule has 39 heavy (non-hydrogen) atoms. The van der Waals surface area contributed by atoms with Crippen LogP contribution in [0.5, 0.6) is 5.75 Å². The first kappa shape index (κ1) is 28.3. The second-order valence-corrected chi connectivity index (χ2v) is 9.87. The largest absolute Gasteiger partial charge is 0.493 e. The zero-order chi connectivity index (χ0) is 27.6. The number of nitrogens with one attached hydrogen (secondary N) is 1. The highest BCUT2D eigenvalue weighted by Crippen LogP contribution is 2.33. The van der Waals surface area contributed by atoms with E-state index in [1.165, 1.54) is 7.11 Å². The Morgan fingerprint density at radius 2 is 1.74 bits per heavy atom. The summed E-state index contributed by atoms with van der Waals surface area (Å²) in [6.45, 7) is 5.30. The van der Waals surface area contributed by atoms with Gasteiger partial charge in [0.2, 0.25) is 0 Å². The maximum absolute atomic E-state index is 13.8. The molecular formula is C32H38N2O5. The molecule has 1 aliphatic rings. The van der Waals surface area contributed by atoms with Crippen LogP contribution in [0.15, 0.2) is 66.7 Å². The van der Waals surface area contributed by atoms with Gasteiger partial charge in [0, 0.05) is 6.54 Å². The number of aliphatic hydroxyl groups is 1. The van der Waals surface area contributed by atoms with Crippen LogP contribution < -0.4 is 10.1 Å². The lowest BCUT2D eigenvalue weighted by Gasteiger charge is -2.32. The number of carbonyl (C=O) groups excluding carboxylic acids is 2. The number of aliphatic hydroxyl groups excluding tert-OH is 1. The van der Waals surface area contributed by atoms with Gasteiger partial charge in [0.15, 0.2) is 0 Å². The number of carbonyl (C=O) groups is 2. The van der Waals surface area contributed by atoms with Crippen LogP contribution >= 0.6 is 0 Å². The van der Waals surface area contributed by atoms with E-state index in [1.54, 1.807) is 12.1 Å². The van der Waals surface area contributed by atoms with Crippen molar-refractivity contribution in [1.82, 2.24) is 4.90 Å². The number of ether oxygens (including phenoxy) is 2. The fraction of sp³-hybridized carbons (Fsp3) is 0.375. The number of β-amino-alcohol motifs (C(OH)–C–C–N with tert-alkyl or cyclic N) is 1. The second kappa shape index (κ2) is 13.9. The molecule has 4 rings (SSSR count). The van der Waals surface area contributed by atoms with E-state index in [4.69, 9.17) is 9.47 Å². The molecule has 1 saturated heterocycles. The van der Waals surface area contributed by atoms with Gasteiger partial charge in [0.05, 0.1) is 37.1 Å². The van der Waals surface area contributed by atoms with Gasteiger partial charge in [-0.3, -0.25) is 4.79 Å². The fourth-order valence-corrected chi connectivity index (χ4v) is 5.00. The lowest BCUT2D eigenvalue weighted by molar-refractivity contribution is 0.0602. The third-order valence-electron chi connectivity index (χ3n) is 7.26. The van der Waals surface area contributed by atoms with Gasteiger partial charge in [-0.05, 0) is 79.2 Å². The summed E-state index contributed by atoms with van der Waals surface area (Å²) >= 11 is 0. The maximum Gasteiger partial charge on any atom is 0.339 e. The standard InChI is InChI=1S/C32H38N2O5/c1-3-4-20-39-30-13-11-25(24-14-16-34(17-15-24)18-19-35)21-28(30)31(36)33-29-22-26(23-8-6-5-7-9-23)10-12-27(29)32(37)38-2/h5-13,21-22,24,35H,3-4,14-20H2,1-2H3,(H,33,36). The topological polar surface area (TPSA) is 88.1 Å². The summed E-state index contributed by atoms with van der Waals surface area (Å²) in [6, 6.07) is 21.0. The molecule has 1 fully saturated rings. The van der Waals surface area contributed by atoms with Crippen LogP contribution in [-0.2, 0) is 4.74 Å². The van der Waals surface area contributed by atoms with Crippen LogP contribution in [0.4, 0.5) is 5.69 Å². The van der Waals surface area contributed by atoms with E-state index in [0.717, 1.165) is 55.5 Å². The minimum absolute atomic E-state index is 0.165. The number of piperidine rings is 1. The van der Waals surface area contributed by atoms with Crippen molar-refractivity contribution in [2.75, 3.05) is 45.3 Å². The molecule has 3 aromatic rings. The van der Waals surface area contributed by atoms with Gasteiger partial charge in [0.25, 0.3) is 5.91 Å². The summed E-state index contributed by atoms with van der Waals surface area (Å²) in [5, 5.41) is 12.2. The number of likely N-dealkylation sites (tertiary alicyclic amines) is 1. The van der Waals surface area contributed by atoms with Crippen LogP contribution in [0.25, 0.3) is 11.1 Å². The van der Waals surface area contributed by atoms with E-state index in [9.17, 15) is 14.7 Å². The minimum atomic E-state index is -0.521. The summed E-state index contributed by atoms with van der Waals surface area (Å²) in [6.07, 6.45) is 3.80. The van der Waals surface area contributed by atoms with Crippen molar-refractivity contribution in [3.8, 4) is 16.9 Å². The maximum atomic E-state index is 13.8. The molecule has 7 heteroatoms. The highest BCUT2D eigenvalue weighted by molar-refractivity contribution is 6.10. The summed E-state index contributed by atoms with van der Waals surface area (Å²) in [7, 11) is 1.33. The molecule has 0 saturated carbocycles. The predicted octanol–water partition coefficient (Wildman–Crippen LogP) is 5.74. The van der Waals surface area contributed by atoms with Crippen molar-refractivity contribution in [2.24, 2.45) is 0 Å². The molecule has 0 radical (unpaired) electrons. The first-order valence-electron chi connectivity index (χ1n) is 13.7. The summed E-state index contributed by atoms with van der Waals surface area (Å²) < 4.78 is 11.0. The van der Waals surface area contributed by atoms with Gasteiger partial charge in [0.1, 0.15) is 5.75 Å². The Balaban J connectivity index is 1.64. The van der Waals surface area contributed by atoms with Crippen molar-refractivity contribution in [1.29, 1.82) is 0 Å². The monoisotopic (exact) mass is 530 g/mol. The van der Waals surface area contributed by atoms with E-state index < -0.39 is 5.97 Å². The van der Waals surface area contributed by atoms with E-state index in [0.29, 0.717) is 36.1 Å². The molecule has 1 heterocycles. The van der Waals surface area contributed by atoms with Gasteiger partial charge in [-0.1, -0.05) is 55.8 Å². The fourth-order valence-electron chi connectivity index (χ4n) is 5.00. The van der Waals surface area contributed by atoms with E-state index in [-0.39, 0.29) is 18.1 Å². The van der Waals surface area contributed by atoms with Gasteiger partial charge < -0.3 is 24.8 Å². The molecule has 206 valence electrons. The zero-order valence-corrected chi connectivity index (χ0v) is 22.8. The molecule has 0 bridgehead atoms. The molecule has 7 nitrogen and oxygen atoms in total. The number of esters is 1. The molecule has 3 aromatic carbocycles. The lowest BCUT2D eigenvalue weighted by Crippen LogP contribution is -2.35. The molecule has 0 spiro atoms. The Labute approximate surface area is 230 Å². The molecule has 0 atom stereocenters. The molecule has 0 aliphatic carbocycles. The van der Waals surface area contributed by atoms with Crippen LogP contribution in [0.3, 0.4) is 0 Å². The molecule has 1 amide bonds. The van der Waals surface area contributed by atoms with Crippen LogP contribution in [0.2, 0.25) is 0 Å². The summed E-state index contributed by atoms with van der Waals surface area (Å²) in [5.74, 6) is -0.00591. The Morgan fingerprint density at radius 1 is 0.974 bits per heavy atom. The quantitative estimate of drug-likeness (QED) is 0.243. The number of benzene rings is 3. The molecule has 0 unspecified atom stereocenters. The van der Waals surface area contributed by atoms with Crippen molar-refractivity contribution < 1.29 is 24.2 Å². The number of anilines is 1. The van der Waals surface area contributed by atoms with Gasteiger partial charge >= 0.3 is 5.97 Å². The average Bonchev–Trinajstić information content (AvgIpc) is 2.98. The number of unbranched alkanes of at least 4 members (excludes halogenated alkanes) is 1. The summed E-state index contributed by atoms with van der Waals surface area (Å²) in [5.41, 5.74) is 4.06. The molecule has 1 aliphatic heterocycles. The Kier molecular flexibility index (Phi) is 10.1. The Morgan fingerprint density at radius 3 is 2.44 bits per heavy atom. The molecular weight excluding hydrogens is 492 g/mol. The van der Waals surface area contributed by atoms with Crippen molar-refractivity contribution in [3.05, 3.63) is 83.4 Å². The van der Waals surface area contributed by atoms with Gasteiger partial charge in [-0.2, -0.15) is 0 Å². The second-order valence-electron chi connectivity index (χ2n) is 9.87. The highest BCUT2D eigenvalue weighted by Gasteiger charge is 2.24. The van der Waals surface area contributed by atoms with Gasteiger partial charge in [-0.25, -0.2) is 4.79 Å². The normalized spacial score (nSPS) is 14.1. The molecule has 2 N–H and O–H groups in total. The minimum Gasteiger partial charge on any atom is -0.493 e. The zero-order valence-electron chi connectivity index (χ0n) is 22.8. The predicted molar refractivity (Wildman–Crippen MR) is 154 cm³/mol. The van der Waals surface area contributed by atoms with E-state index in [1.807, 2.05) is 48.5 Å². The number of methoxy groups -OCH3 is 1. The van der Waals surface area contributed by atoms with E-state index in [2.05, 4.69) is 23.2 Å². The molecule has 0 aromatic heterocycles. The summed E-state index contributed by atoms with van der Waals surface area (Å²) in [4.78, 5) is 28.6. The first-order chi connectivity index (χ1) is 19.0. The smallest absolute Gasteiger partial charge is 0.339 e. The Hall–Kier alpha value is -3.68. The highest BCUT2D eigenvalue weighted by atomic mass is 16.5. The first-order valence-corrected chi connectivity index (χ1v) is 13.7. The van der Waals surface area contributed by atoms with Gasteiger partial charge in [-0.15, -0.1) is 0 Å². The Bertz CT molecular complexity index is 1250. The van der Waals surface area contributed by atoms with Crippen LogP contribution in [-0.4, -0.2) is 61.8 Å². The third kappa shape index (κ3) is 7.25. The number of nitrogens with zero attached hydrogens (tertiary/aromatic N) is 1. The van der Waals surface area contributed by atoms with Crippen molar-refractivity contribution >= 4 is 17.6 Å². The van der Waals surface area contributed by atoms with Crippen LogP contribution in [0.1, 0.15) is 64.8 Å². The number of hydrogen-bond donors (Lipinski definition) is 2. The SMILES string of the molecule is CCCCOc1ccc(C2CCN(CCO)CC2)cc1C(=O)Nc1cc(-c2ccccc2)ccc1C(=O)OC. The number of hydrogen-bond acceptors (Lipinski definition) is 6. The van der Waals surface area contributed by atoms with Crippen molar-refractivity contribution in [3.63, 3.8) is 0 Å². The number of amides is 1. The van der Waals surface area contributed by atoms with Crippen LogP contribution in [0, 0.1) is 0 Å². The average molecular weight is 531 g/mol. The third-order valence-corrected chi connectivity index (χ3v) is 7.26.